The maximum absolute atomic E-state index is 12.9. The molecule has 0 atom stereocenters. The Morgan fingerprint density at radius 2 is 1.94 bits per heavy atom. The molecule has 0 bridgehead atoms. The summed E-state index contributed by atoms with van der Waals surface area (Å²) in [6, 6.07) is 11.3. The lowest BCUT2D eigenvalue weighted by Gasteiger charge is -2.31. The standard InChI is InChI=1S/C24H27Cl2N3O3/c1-2-32-23-13-15(24(31)27-17-5-7-29(8-6-17)9-10-30)3-4-18(23)22-12-16-11-19(25)20(26)14-21(16)28-22/h3-4,11-14,17,28,30H,2,5-10H2,1H3,(H,27,31). The summed E-state index contributed by atoms with van der Waals surface area (Å²) in [7, 11) is 0. The zero-order chi connectivity index (χ0) is 22.7. The topological polar surface area (TPSA) is 77.6 Å². The second-order valence-electron chi connectivity index (χ2n) is 7.99. The number of β-amino-alcohol motifs (C(OH)–C–C–N with tert-alkyl or cyclic N) is 1. The van der Waals surface area contributed by atoms with Gasteiger partial charge in [0.25, 0.3) is 5.91 Å². The van der Waals surface area contributed by atoms with Gasteiger partial charge in [-0.25, -0.2) is 0 Å². The fraction of sp³-hybridized carbons (Fsp3) is 0.375. The van der Waals surface area contributed by atoms with E-state index in [9.17, 15) is 4.79 Å². The number of amides is 1. The lowest BCUT2D eigenvalue weighted by atomic mass is 10.0. The quantitative estimate of drug-likeness (QED) is 0.461. The first-order valence-corrected chi connectivity index (χ1v) is 11.6. The molecule has 1 fully saturated rings. The van der Waals surface area contributed by atoms with Crippen molar-refractivity contribution in [2.75, 3.05) is 32.8 Å². The SMILES string of the molecule is CCOc1cc(C(=O)NC2CCN(CCO)CC2)ccc1-c1cc2cc(Cl)c(Cl)cc2[nH]1. The molecular formula is C24H27Cl2N3O3. The smallest absolute Gasteiger partial charge is 0.251 e. The van der Waals surface area contributed by atoms with Crippen LogP contribution in [0.15, 0.2) is 36.4 Å². The highest BCUT2D eigenvalue weighted by Gasteiger charge is 2.21. The molecule has 0 radical (unpaired) electrons. The van der Waals surface area contributed by atoms with Crippen LogP contribution in [0.2, 0.25) is 10.0 Å². The highest BCUT2D eigenvalue weighted by molar-refractivity contribution is 6.42. The third-order valence-corrected chi connectivity index (χ3v) is 6.56. The van der Waals surface area contributed by atoms with Crippen molar-refractivity contribution in [3.8, 4) is 17.0 Å². The van der Waals surface area contributed by atoms with Gasteiger partial charge in [-0.3, -0.25) is 4.79 Å². The number of aliphatic hydroxyl groups is 1. The number of aromatic nitrogens is 1. The molecule has 1 aromatic heterocycles. The molecule has 170 valence electrons. The van der Waals surface area contributed by atoms with Crippen LogP contribution >= 0.6 is 23.2 Å². The van der Waals surface area contributed by atoms with Crippen molar-refractivity contribution in [3.05, 3.63) is 52.0 Å². The minimum Gasteiger partial charge on any atom is -0.493 e. The summed E-state index contributed by atoms with van der Waals surface area (Å²) in [5.74, 6) is 0.537. The molecular weight excluding hydrogens is 449 g/mol. The van der Waals surface area contributed by atoms with Gasteiger partial charge in [0.15, 0.2) is 0 Å². The molecule has 2 heterocycles. The lowest BCUT2D eigenvalue weighted by Crippen LogP contribution is -2.45. The van der Waals surface area contributed by atoms with Gasteiger partial charge < -0.3 is 25.0 Å². The minimum absolute atomic E-state index is 0.103. The Balaban J connectivity index is 1.53. The Morgan fingerprint density at radius 3 is 2.66 bits per heavy atom. The highest BCUT2D eigenvalue weighted by Crippen LogP contribution is 2.35. The Kier molecular flexibility index (Phi) is 7.26. The number of benzene rings is 2. The number of nitrogens with one attached hydrogen (secondary N) is 2. The maximum Gasteiger partial charge on any atom is 0.251 e. The van der Waals surface area contributed by atoms with Gasteiger partial charge in [0, 0.05) is 47.7 Å². The van der Waals surface area contributed by atoms with Crippen LogP contribution in [-0.2, 0) is 0 Å². The van der Waals surface area contributed by atoms with E-state index in [1.165, 1.54) is 0 Å². The molecule has 4 rings (SSSR count). The number of likely N-dealkylation sites (tertiary alicyclic amines) is 1. The highest BCUT2D eigenvalue weighted by atomic mass is 35.5. The average Bonchev–Trinajstić information content (AvgIpc) is 3.18. The molecule has 0 unspecified atom stereocenters. The predicted molar refractivity (Wildman–Crippen MR) is 129 cm³/mol. The normalized spacial score (nSPS) is 15.2. The molecule has 1 aliphatic heterocycles. The zero-order valence-corrected chi connectivity index (χ0v) is 19.5. The van der Waals surface area contributed by atoms with Crippen molar-refractivity contribution in [3.63, 3.8) is 0 Å². The van der Waals surface area contributed by atoms with Crippen molar-refractivity contribution in [2.45, 2.75) is 25.8 Å². The Morgan fingerprint density at radius 1 is 1.19 bits per heavy atom. The second-order valence-corrected chi connectivity index (χ2v) is 8.81. The molecule has 1 aliphatic rings. The monoisotopic (exact) mass is 475 g/mol. The molecule has 3 aromatic rings. The zero-order valence-electron chi connectivity index (χ0n) is 18.0. The van der Waals surface area contributed by atoms with Gasteiger partial charge in [0.05, 0.1) is 29.0 Å². The Labute approximate surface area is 197 Å². The number of nitrogens with zero attached hydrogens (tertiary/aromatic N) is 1. The number of carbonyl (C=O) groups is 1. The van der Waals surface area contributed by atoms with E-state index in [0.29, 0.717) is 34.5 Å². The number of carbonyl (C=O) groups excluding carboxylic acids is 1. The van der Waals surface area contributed by atoms with Gasteiger partial charge in [0.2, 0.25) is 0 Å². The van der Waals surface area contributed by atoms with Crippen LogP contribution in [-0.4, -0.2) is 59.8 Å². The van der Waals surface area contributed by atoms with Crippen molar-refractivity contribution < 1.29 is 14.6 Å². The van der Waals surface area contributed by atoms with Crippen LogP contribution in [0.25, 0.3) is 22.2 Å². The van der Waals surface area contributed by atoms with Crippen molar-refractivity contribution in [1.82, 2.24) is 15.2 Å². The largest absolute Gasteiger partial charge is 0.493 e. The summed E-state index contributed by atoms with van der Waals surface area (Å²) in [6.07, 6.45) is 1.75. The number of H-pyrrole nitrogens is 1. The van der Waals surface area contributed by atoms with Gasteiger partial charge in [-0.1, -0.05) is 23.2 Å². The third-order valence-electron chi connectivity index (χ3n) is 5.83. The van der Waals surface area contributed by atoms with E-state index >= 15 is 0 Å². The van der Waals surface area contributed by atoms with Crippen LogP contribution < -0.4 is 10.1 Å². The number of aromatic amines is 1. The molecule has 2 aromatic carbocycles. The molecule has 1 amide bonds. The summed E-state index contributed by atoms with van der Waals surface area (Å²) in [6.45, 7) is 5.01. The van der Waals surface area contributed by atoms with Crippen LogP contribution in [0, 0.1) is 0 Å². The van der Waals surface area contributed by atoms with Gasteiger partial charge in [-0.2, -0.15) is 0 Å². The number of hydrogen-bond acceptors (Lipinski definition) is 4. The minimum atomic E-state index is -0.103. The average molecular weight is 476 g/mol. The number of aliphatic hydroxyl groups excluding tert-OH is 1. The fourth-order valence-electron chi connectivity index (χ4n) is 4.14. The van der Waals surface area contributed by atoms with Crippen LogP contribution in [0.5, 0.6) is 5.75 Å². The molecule has 32 heavy (non-hydrogen) atoms. The number of halogens is 2. The van der Waals surface area contributed by atoms with E-state index in [2.05, 4.69) is 15.2 Å². The first-order chi connectivity index (χ1) is 15.5. The van der Waals surface area contributed by atoms with Crippen LogP contribution in [0.1, 0.15) is 30.1 Å². The fourth-order valence-corrected chi connectivity index (χ4v) is 4.48. The van der Waals surface area contributed by atoms with Gasteiger partial charge in [-0.05, 0) is 56.2 Å². The number of fused-ring (bicyclic) bond motifs is 1. The van der Waals surface area contributed by atoms with Crippen molar-refractivity contribution in [1.29, 1.82) is 0 Å². The van der Waals surface area contributed by atoms with Crippen LogP contribution in [0.4, 0.5) is 0 Å². The first kappa shape index (κ1) is 22.9. The summed E-state index contributed by atoms with van der Waals surface area (Å²) in [5, 5.41) is 14.2. The summed E-state index contributed by atoms with van der Waals surface area (Å²) < 4.78 is 5.87. The molecule has 3 N–H and O–H groups in total. The van der Waals surface area contributed by atoms with Gasteiger partial charge >= 0.3 is 0 Å². The van der Waals surface area contributed by atoms with E-state index in [1.54, 1.807) is 12.1 Å². The van der Waals surface area contributed by atoms with E-state index in [-0.39, 0.29) is 18.6 Å². The molecule has 8 heteroatoms. The van der Waals surface area contributed by atoms with E-state index in [4.69, 9.17) is 33.0 Å². The maximum atomic E-state index is 12.9. The Hall–Kier alpha value is -2.25. The van der Waals surface area contributed by atoms with E-state index in [1.807, 2.05) is 31.2 Å². The molecule has 0 aliphatic carbocycles. The number of ether oxygens (including phenoxy) is 1. The van der Waals surface area contributed by atoms with Crippen LogP contribution in [0.3, 0.4) is 0 Å². The molecule has 6 nitrogen and oxygen atoms in total. The van der Waals surface area contributed by atoms with Crippen molar-refractivity contribution in [2.24, 2.45) is 0 Å². The Bertz CT molecular complexity index is 1070. The predicted octanol–water partition coefficient (Wildman–Crippen LogP) is 4.73. The molecule has 0 saturated carbocycles. The lowest BCUT2D eigenvalue weighted by molar-refractivity contribution is 0.0902. The van der Waals surface area contributed by atoms with Gasteiger partial charge in [-0.15, -0.1) is 0 Å². The summed E-state index contributed by atoms with van der Waals surface area (Å²) in [4.78, 5) is 18.5. The third kappa shape index (κ3) is 5.04. The van der Waals surface area contributed by atoms with E-state index < -0.39 is 0 Å². The first-order valence-electron chi connectivity index (χ1n) is 10.9. The number of piperidine rings is 1. The number of rotatable bonds is 7. The van der Waals surface area contributed by atoms with Crippen molar-refractivity contribution >= 4 is 40.0 Å². The molecule has 0 spiro atoms. The van der Waals surface area contributed by atoms with E-state index in [0.717, 1.165) is 48.1 Å². The van der Waals surface area contributed by atoms with Gasteiger partial charge in [0.1, 0.15) is 5.75 Å². The summed E-state index contributed by atoms with van der Waals surface area (Å²) >= 11 is 12.3. The second kappa shape index (κ2) is 10.1. The molecule has 1 saturated heterocycles. The summed E-state index contributed by atoms with van der Waals surface area (Å²) in [5.41, 5.74) is 3.18. The number of hydrogen-bond donors (Lipinski definition) is 3.